The minimum Gasteiger partial charge on any atom is -0.459 e. The normalized spacial score (nSPS) is 15.1. The monoisotopic (exact) mass is 419 g/mol. The largest absolute Gasteiger partial charge is 0.459 e. The van der Waals surface area contributed by atoms with Crippen molar-refractivity contribution in [1.29, 1.82) is 0 Å². The molecule has 1 atom stereocenters. The van der Waals surface area contributed by atoms with Gasteiger partial charge in [-0.25, -0.2) is 13.1 Å². The predicted octanol–water partition coefficient (Wildman–Crippen LogP) is 1.79. The molecule has 9 heteroatoms. The highest BCUT2D eigenvalue weighted by molar-refractivity contribution is 7.89. The number of amides is 2. The maximum Gasteiger partial charge on any atom is 0.287 e. The summed E-state index contributed by atoms with van der Waals surface area (Å²) in [7, 11) is -3.50. The van der Waals surface area contributed by atoms with E-state index in [0.717, 1.165) is 18.4 Å². The van der Waals surface area contributed by atoms with E-state index in [1.165, 1.54) is 24.5 Å². The molecular weight excluding hydrogens is 394 g/mol. The van der Waals surface area contributed by atoms with Gasteiger partial charge in [-0.15, -0.1) is 0 Å². The second-order valence-corrected chi connectivity index (χ2v) is 9.14. The lowest BCUT2D eigenvalue weighted by Crippen LogP contribution is -2.49. The summed E-state index contributed by atoms with van der Waals surface area (Å²) in [6.07, 6.45) is 3.14. The lowest BCUT2D eigenvalue weighted by molar-refractivity contribution is -0.124. The SMILES string of the molecule is CC(C)C(NC(=O)c1ccco1)C(=O)NCc1ccc(S(=O)(=O)NC2CC2)cc1. The van der Waals surface area contributed by atoms with Crippen molar-refractivity contribution >= 4 is 21.8 Å². The number of benzene rings is 1. The first kappa shape index (κ1) is 21.1. The van der Waals surface area contributed by atoms with Crippen molar-refractivity contribution in [3.05, 3.63) is 54.0 Å². The van der Waals surface area contributed by atoms with Gasteiger partial charge >= 0.3 is 0 Å². The van der Waals surface area contributed by atoms with Gasteiger partial charge in [-0.2, -0.15) is 0 Å². The highest BCUT2D eigenvalue weighted by Gasteiger charge is 2.28. The molecule has 1 aliphatic rings. The number of sulfonamides is 1. The minimum atomic E-state index is -3.50. The van der Waals surface area contributed by atoms with Gasteiger partial charge in [-0.05, 0) is 48.6 Å². The summed E-state index contributed by atoms with van der Waals surface area (Å²) >= 11 is 0. The lowest BCUT2D eigenvalue weighted by Gasteiger charge is -2.21. The molecule has 2 amide bonds. The Hall–Kier alpha value is -2.65. The van der Waals surface area contributed by atoms with E-state index in [1.807, 2.05) is 13.8 Å². The summed E-state index contributed by atoms with van der Waals surface area (Å²) < 4.78 is 32.1. The van der Waals surface area contributed by atoms with E-state index < -0.39 is 22.0 Å². The Morgan fingerprint density at radius 1 is 1.14 bits per heavy atom. The first-order valence-electron chi connectivity index (χ1n) is 9.49. The van der Waals surface area contributed by atoms with Crippen molar-refractivity contribution in [2.24, 2.45) is 5.92 Å². The Labute approximate surface area is 170 Å². The molecule has 1 heterocycles. The second kappa shape index (κ2) is 8.79. The molecule has 0 aliphatic heterocycles. The van der Waals surface area contributed by atoms with Crippen LogP contribution in [0.15, 0.2) is 52.0 Å². The Bertz CT molecular complexity index is 949. The first-order valence-corrected chi connectivity index (χ1v) is 11.0. The lowest BCUT2D eigenvalue weighted by atomic mass is 10.0. The van der Waals surface area contributed by atoms with Crippen LogP contribution in [0.3, 0.4) is 0 Å². The van der Waals surface area contributed by atoms with Crippen LogP contribution < -0.4 is 15.4 Å². The smallest absolute Gasteiger partial charge is 0.287 e. The zero-order chi connectivity index (χ0) is 21.0. The maximum absolute atomic E-state index is 12.6. The fraction of sp³-hybridized carbons (Fsp3) is 0.400. The maximum atomic E-state index is 12.6. The number of rotatable bonds is 9. The van der Waals surface area contributed by atoms with Crippen LogP contribution in [0.25, 0.3) is 0 Å². The third-order valence-corrected chi connectivity index (χ3v) is 6.12. The summed E-state index contributed by atoms with van der Waals surface area (Å²) in [5.41, 5.74) is 0.753. The fourth-order valence-electron chi connectivity index (χ4n) is 2.73. The number of hydrogen-bond acceptors (Lipinski definition) is 5. The standard InChI is InChI=1S/C20H25N3O5S/c1-13(2)18(22-19(24)17-4-3-11-28-17)20(25)21-12-14-5-9-16(10-6-14)29(26,27)23-15-7-8-15/h3-6,9-11,13,15,18,23H,7-8,12H2,1-2H3,(H,21,25)(H,22,24). The van der Waals surface area contributed by atoms with Gasteiger partial charge in [0.05, 0.1) is 11.2 Å². The molecule has 1 aromatic heterocycles. The molecule has 0 radical (unpaired) electrons. The van der Waals surface area contributed by atoms with Crippen LogP contribution in [0.5, 0.6) is 0 Å². The van der Waals surface area contributed by atoms with E-state index >= 15 is 0 Å². The average Bonchev–Trinajstić information content (AvgIpc) is 3.30. The molecule has 1 fully saturated rings. The molecule has 1 saturated carbocycles. The first-order chi connectivity index (χ1) is 13.8. The summed E-state index contributed by atoms with van der Waals surface area (Å²) in [4.78, 5) is 24.9. The molecule has 3 N–H and O–H groups in total. The van der Waals surface area contributed by atoms with Crippen molar-refractivity contribution in [2.75, 3.05) is 0 Å². The van der Waals surface area contributed by atoms with E-state index in [9.17, 15) is 18.0 Å². The topological polar surface area (TPSA) is 118 Å². The highest BCUT2D eigenvalue weighted by atomic mass is 32.2. The van der Waals surface area contributed by atoms with Gasteiger partial charge in [0.1, 0.15) is 6.04 Å². The number of carbonyl (C=O) groups is 2. The summed E-state index contributed by atoms with van der Waals surface area (Å²) in [5, 5.41) is 5.46. The number of hydrogen-bond donors (Lipinski definition) is 3. The minimum absolute atomic E-state index is 0.0447. The third-order valence-electron chi connectivity index (χ3n) is 4.58. The molecule has 29 heavy (non-hydrogen) atoms. The van der Waals surface area contributed by atoms with Gasteiger partial charge in [0.15, 0.2) is 5.76 Å². The van der Waals surface area contributed by atoms with E-state index in [-0.39, 0.29) is 35.1 Å². The third kappa shape index (κ3) is 5.68. The van der Waals surface area contributed by atoms with Gasteiger partial charge in [0, 0.05) is 12.6 Å². The fourth-order valence-corrected chi connectivity index (χ4v) is 4.03. The van der Waals surface area contributed by atoms with Gasteiger partial charge in [-0.1, -0.05) is 26.0 Å². The van der Waals surface area contributed by atoms with E-state index in [2.05, 4.69) is 15.4 Å². The van der Waals surface area contributed by atoms with Crippen LogP contribution >= 0.6 is 0 Å². The Morgan fingerprint density at radius 2 is 1.83 bits per heavy atom. The van der Waals surface area contributed by atoms with E-state index in [0.29, 0.717) is 0 Å². The van der Waals surface area contributed by atoms with Gasteiger partial charge in [-0.3, -0.25) is 9.59 Å². The molecule has 0 bridgehead atoms. The van der Waals surface area contributed by atoms with Crippen molar-refractivity contribution in [3.63, 3.8) is 0 Å². The summed E-state index contributed by atoms with van der Waals surface area (Å²) in [6, 6.07) is 8.80. The number of carbonyl (C=O) groups excluding carboxylic acids is 2. The van der Waals surface area contributed by atoms with Crippen molar-refractivity contribution in [2.45, 2.75) is 50.2 Å². The molecule has 8 nitrogen and oxygen atoms in total. The van der Waals surface area contributed by atoms with Crippen LogP contribution in [0.4, 0.5) is 0 Å². The Balaban J connectivity index is 1.57. The quantitative estimate of drug-likeness (QED) is 0.573. The zero-order valence-electron chi connectivity index (χ0n) is 16.3. The number of furan rings is 1. The van der Waals surface area contributed by atoms with E-state index in [1.54, 1.807) is 18.2 Å². The van der Waals surface area contributed by atoms with Crippen LogP contribution in [-0.4, -0.2) is 32.3 Å². The van der Waals surface area contributed by atoms with Crippen LogP contribution in [0.2, 0.25) is 0 Å². The zero-order valence-corrected chi connectivity index (χ0v) is 17.2. The molecule has 1 aliphatic carbocycles. The van der Waals surface area contributed by atoms with Crippen molar-refractivity contribution in [1.82, 2.24) is 15.4 Å². The molecule has 0 saturated heterocycles. The molecule has 1 aromatic carbocycles. The predicted molar refractivity (Wildman–Crippen MR) is 106 cm³/mol. The van der Waals surface area contributed by atoms with Gasteiger partial charge in [0.25, 0.3) is 5.91 Å². The molecule has 2 aromatic rings. The summed E-state index contributed by atoms with van der Waals surface area (Å²) in [5.74, 6) is -0.774. The van der Waals surface area contributed by atoms with Gasteiger partial charge < -0.3 is 15.1 Å². The van der Waals surface area contributed by atoms with Gasteiger partial charge in [0.2, 0.25) is 15.9 Å². The van der Waals surface area contributed by atoms with Crippen LogP contribution in [-0.2, 0) is 21.4 Å². The summed E-state index contributed by atoms with van der Waals surface area (Å²) in [6.45, 7) is 3.88. The molecule has 1 unspecified atom stereocenters. The van der Waals surface area contributed by atoms with Crippen molar-refractivity contribution < 1.29 is 22.4 Å². The van der Waals surface area contributed by atoms with Crippen LogP contribution in [0, 0.1) is 5.92 Å². The average molecular weight is 420 g/mol. The van der Waals surface area contributed by atoms with Crippen LogP contribution in [0.1, 0.15) is 42.8 Å². The number of nitrogens with one attached hydrogen (secondary N) is 3. The van der Waals surface area contributed by atoms with Crippen molar-refractivity contribution in [3.8, 4) is 0 Å². The molecular formula is C20H25N3O5S. The second-order valence-electron chi connectivity index (χ2n) is 7.43. The van der Waals surface area contributed by atoms with E-state index in [4.69, 9.17) is 4.42 Å². The molecule has 156 valence electrons. The Morgan fingerprint density at radius 3 is 2.38 bits per heavy atom. The Kier molecular flexibility index (Phi) is 6.39. The molecule has 3 rings (SSSR count). The molecule has 0 spiro atoms. The highest BCUT2D eigenvalue weighted by Crippen LogP contribution is 2.22.